The first-order valence-corrected chi connectivity index (χ1v) is 6.59. The minimum atomic E-state index is 0.668. The zero-order valence-corrected chi connectivity index (χ0v) is 9.57. The molecule has 0 aromatic rings. The Balaban J connectivity index is 2.07. The van der Waals surface area contributed by atoms with Crippen LogP contribution >= 0.6 is 11.8 Å². The summed E-state index contributed by atoms with van der Waals surface area (Å²) in [6.45, 7) is 3.47. The highest BCUT2D eigenvalue weighted by Gasteiger charge is 2.10. The molecule has 0 radical (unpaired) electrons. The van der Waals surface area contributed by atoms with E-state index in [1.807, 2.05) is 11.8 Å². The highest BCUT2D eigenvalue weighted by atomic mass is 32.2. The maximum absolute atomic E-state index is 3.60. The summed E-state index contributed by atoms with van der Waals surface area (Å²) in [7, 11) is 0. The Hall–Kier alpha value is 0.0500. The number of rotatable bonds is 5. The van der Waals surface area contributed by atoms with Crippen molar-refractivity contribution in [1.82, 2.24) is 5.32 Å². The van der Waals surface area contributed by atoms with E-state index in [0.717, 1.165) is 5.92 Å². The van der Waals surface area contributed by atoms with Crippen molar-refractivity contribution in [2.75, 3.05) is 18.6 Å². The molecule has 1 N–H and O–H groups in total. The van der Waals surface area contributed by atoms with Crippen molar-refractivity contribution in [2.24, 2.45) is 5.92 Å². The van der Waals surface area contributed by atoms with E-state index in [0.29, 0.717) is 6.04 Å². The first kappa shape index (κ1) is 11.1. The maximum Gasteiger partial charge on any atom is 0.0129 e. The van der Waals surface area contributed by atoms with Gasteiger partial charge in [0.15, 0.2) is 0 Å². The summed E-state index contributed by atoms with van der Waals surface area (Å²) in [6.07, 6.45) is 10.7. The van der Waals surface area contributed by atoms with E-state index in [1.54, 1.807) is 0 Å². The van der Waals surface area contributed by atoms with Crippen molar-refractivity contribution in [1.29, 1.82) is 0 Å². The molecule has 0 saturated carbocycles. The summed E-state index contributed by atoms with van der Waals surface area (Å²) in [5, 5.41) is 3.60. The van der Waals surface area contributed by atoms with Crippen LogP contribution in [0, 0.1) is 5.92 Å². The van der Waals surface area contributed by atoms with Gasteiger partial charge in [-0.2, -0.15) is 11.8 Å². The molecule has 2 unspecified atom stereocenters. The van der Waals surface area contributed by atoms with E-state index in [1.165, 1.54) is 31.6 Å². The van der Waals surface area contributed by atoms with Crippen LogP contribution < -0.4 is 5.32 Å². The van der Waals surface area contributed by atoms with Crippen LogP contribution in [-0.4, -0.2) is 24.6 Å². The highest BCUT2D eigenvalue weighted by molar-refractivity contribution is 7.98. The molecule has 13 heavy (non-hydrogen) atoms. The van der Waals surface area contributed by atoms with E-state index >= 15 is 0 Å². The van der Waals surface area contributed by atoms with E-state index in [2.05, 4.69) is 30.6 Å². The van der Waals surface area contributed by atoms with E-state index in [-0.39, 0.29) is 0 Å². The van der Waals surface area contributed by atoms with Crippen LogP contribution in [0.5, 0.6) is 0 Å². The Bertz CT molecular complexity index is 156. The van der Waals surface area contributed by atoms with Crippen LogP contribution in [0.2, 0.25) is 0 Å². The third-order valence-corrected chi connectivity index (χ3v) is 3.38. The predicted molar refractivity (Wildman–Crippen MR) is 62.3 cm³/mol. The smallest absolute Gasteiger partial charge is 0.0129 e. The Morgan fingerprint density at radius 1 is 1.54 bits per heavy atom. The van der Waals surface area contributed by atoms with Gasteiger partial charge < -0.3 is 5.32 Å². The molecule has 0 aliphatic heterocycles. The largest absolute Gasteiger partial charge is 0.313 e. The lowest BCUT2D eigenvalue weighted by Crippen LogP contribution is -2.33. The molecule has 0 heterocycles. The molecule has 0 fully saturated rings. The number of hydrogen-bond acceptors (Lipinski definition) is 2. The van der Waals surface area contributed by atoms with E-state index in [9.17, 15) is 0 Å². The van der Waals surface area contributed by atoms with Crippen molar-refractivity contribution in [2.45, 2.75) is 32.2 Å². The molecule has 2 heteroatoms. The van der Waals surface area contributed by atoms with Crippen LogP contribution in [0.4, 0.5) is 0 Å². The third-order valence-electron chi connectivity index (χ3n) is 2.55. The minimum absolute atomic E-state index is 0.668. The Labute approximate surface area is 86.4 Å². The van der Waals surface area contributed by atoms with Gasteiger partial charge in [0.05, 0.1) is 0 Å². The van der Waals surface area contributed by atoms with Crippen LogP contribution in [0.3, 0.4) is 0 Å². The fourth-order valence-electron chi connectivity index (χ4n) is 1.72. The Kier molecular flexibility index (Phi) is 5.56. The van der Waals surface area contributed by atoms with Crippen LogP contribution in [0.15, 0.2) is 12.2 Å². The second kappa shape index (κ2) is 6.50. The molecule has 1 rings (SSSR count). The standard InChI is InChI=1S/C11H21NS/c1-10(9-13-2)12-8-11-6-4-3-5-7-11/h3-4,10-12H,5-9H2,1-2H3. The highest BCUT2D eigenvalue weighted by Crippen LogP contribution is 2.17. The average Bonchev–Trinajstić information content (AvgIpc) is 2.17. The van der Waals surface area contributed by atoms with Gasteiger partial charge in [-0.3, -0.25) is 0 Å². The minimum Gasteiger partial charge on any atom is -0.313 e. The number of nitrogens with one attached hydrogen (secondary N) is 1. The molecule has 1 aliphatic rings. The lowest BCUT2D eigenvalue weighted by Gasteiger charge is -2.20. The molecule has 0 amide bonds. The molecule has 1 nitrogen and oxygen atoms in total. The lowest BCUT2D eigenvalue weighted by atomic mass is 9.94. The fraction of sp³-hybridized carbons (Fsp3) is 0.818. The topological polar surface area (TPSA) is 12.0 Å². The fourth-order valence-corrected chi connectivity index (χ4v) is 2.34. The van der Waals surface area contributed by atoms with Gasteiger partial charge in [-0.05, 0) is 44.9 Å². The van der Waals surface area contributed by atoms with Gasteiger partial charge in [-0.1, -0.05) is 12.2 Å². The molecule has 2 atom stereocenters. The maximum atomic E-state index is 3.60. The van der Waals surface area contributed by atoms with Crippen LogP contribution in [0.1, 0.15) is 26.2 Å². The molecule has 0 aromatic carbocycles. The average molecular weight is 199 g/mol. The van der Waals surface area contributed by atoms with Crippen molar-refractivity contribution in [3.8, 4) is 0 Å². The lowest BCUT2D eigenvalue weighted by molar-refractivity contribution is 0.422. The molecule has 76 valence electrons. The summed E-state index contributed by atoms with van der Waals surface area (Å²) < 4.78 is 0. The van der Waals surface area contributed by atoms with Gasteiger partial charge in [-0.15, -0.1) is 0 Å². The first-order chi connectivity index (χ1) is 6.33. The van der Waals surface area contributed by atoms with Crippen LogP contribution in [-0.2, 0) is 0 Å². The van der Waals surface area contributed by atoms with Gasteiger partial charge in [-0.25, -0.2) is 0 Å². The molecule has 0 aromatic heterocycles. The zero-order chi connectivity index (χ0) is 9.52. The summed E-state index contributed by atoms with van der Waals surface area (Å²) >= 11 is 1.92. The summed E-state index contributed by atoms with van der Waals surface area (Å²) in [4.78, 5) is 0. The van der Waals surface area contributed by atoms with Gasteiger partial charge >= 0.3 is 0 Å². The monoisotopic (exact) mass is 199 g/mol. The second-order valence-corrected chi connectivity index (χ2v) is 4.83. The molecular weight excluding hydrogens is 178 g/mol. The normalized spacial score (nSPS) is 24.6. The number of allylic oxidation sites excluding steroid dienone is 2. The Morgan fingerprint density at radius 2 is 2.38 bits per heavy atom. The predicted octanol–water partition coefficient (Wildman–Crippen LogP) is 2.68. The second-order valence-electron chi connectivity index (χ2n) is 3.92. The Morgan fingerprint density at radius 3 is 3.00 bits per heavy atom. The zero-order valence-electron chi connectivity index (χ0n) is 8.75. The van der Waals surface area contributed by atoms with Gasteiger partial charge in [0.1, 0.15) is 0 Å². The summed E-state index contributed by atoms with van der Waals surface area (Å²) in [5.41, 5.74) is 0. The molecule has 0 bridgehead atoms. The molecular formula is C11H21NS. The third kappa shape index (κ3) is 4.72. The quantitative estimate of drug-likeness (QED) is 0.683. The van der Waals surface area contributed by atoms with Crippen molar-refractivity contribution >= 4 is 11.8 Å². The SMILES string of the molecule is CSCC(C)NCC1CC=CCC1. The summed E-state index contributed by atoms with van der Waals surface area (Å²) in [5.74, 6) is 2.11. The van der Waals surface area contributed by atoms with Gasteiger partial charge in [0.2, 0.25) is 0 Å². The van der Waals surface area contributed by atoms with E-state index in [4.69, 9.17) is 0 Å². The summed E-state index contributed by atoms with van der Waals surface area (Å²) in [6, 6.07) is 0.668. The molecule has 1 aliphatic carbocycles. The number of hydrogen-bond donors (Lipinski definition) is 1. The first-order valence-electron chi connectivity index (χ1n) is 5.20. The number of thioether (sulfide) groups is 1. The van der Waals surface area contributed by atoms with Gasteiger partial charge in [0.25, 0.3) is 0 Å². The molecule has 0 saturated heterocycles. The van der Waals surface area contributed by atoms with Crippen molar-refractivity contribution in [3.63, 3.8) is 0 Å². The van der Waals surface area contributed by atoms with Crippen molar-refractivity contribution in [3.05, 3.63) is 12.2 Å². The van der Waals surface area contributed by atoms with Crippen LogP contribution in [0.25, 0.3) is 0 Å². The van der Waals surface area contributed by atoms with Gasteiger partial charge in [0, 0.05) is 11.8 Å². The molecule has 0 spiro atoms. The van der Waals surface area contributed by atoms with Crippen molar-refractivity contribution < 1.29 is 0 Å². The van der Waals surface area contributed by atoms with E-state index < -0.39 is 0 Å².